The third kappa shape index (κ3) is 6.36. The summed E-state index contributed by atoms with van der Waals surface area (Å²) in [5.41, 5.74) is 0.207. The van der Waals surface area contributed by atoms with E-state index in [1.807, 2.05) is 0 Å². The van der Waals surface area contributed by atoms with Crippen molar-refractivity contribution in [3.63, 3.8) is 0 Å². The van der Waals surface area contributed by atoms with Crippen LogP contribution in [0.25, 0.3) is 0 Å². The van der Waals surface area contributed by atoms with Crippen LogP contribution in [0.1, 0.15) is 37.4 Å². The van der Waals surface area contributed by atoms with E-state index in [2.05, 4.69) is 0 Å². The second-order valence-electron chi connectivity index (χ2n) is 7.26. The Labute approximate surface area is 190 Å². The van der Waals surface area contributed by atoms with Gasteiger partial charge in [0, 0.05) is 26.8 Å². The van der Waals surface area contributed by atoms with Gasteiger partial charge >= 0.3 is 30.1 Å². The fraction of sp³-hybridized carbons (Fsp3) is 0.348. The predicted octanol–water partition coefficient (Wildman–Crippen LogP) is 1.52. The number of carbonyl (C=O) groups is 4. The lowest BCUT2D eigenvalue weighted by Gasteiger charge is -2.21. The van der Waals surface area contributed by atoms with E-state index in [1.165, 1.54) is 31.5 Å². The van der Waals surface area contributed by atoms with Crippen molar-refractivity contribution in [1.82, 2.24) is 0 Å². The monoisotopic (exact) mass is 458 g/mol. The molecule has 1 aromatic heterocycles. The highest BCUT2D eigenvalue weighted by molar-refractivity contribution is 5.90. The van der Waals surface area contributed by atoms with Gasteiger partial charge in [0.25, 0.3) is 0 Å². The van der Waals surface area contributed by atoms with Crippen LogP contribution in [-0.2, 0) is 33.3 Å². The molecule has 2 heterocycles. The van der Waals surface area contributed by atoms with E-state index in [0.717, 1.165) is 0 Å². The molecule has 0 N–H and O–H groups in total. The number of ether oxygens (including phenoxy) is 5. The Bertz CT molecular complexity index is 1020. The standard InChI is InChI=1S/C23H24NO9/c1-14(25)29-13-19-20(30-15(2)26)21(31-16(3)27)22(33-19)24-11-7-8-17(12-24)23(28)32-18-9-5-4-6-10-18/h4-12,19-22H,13H2,1-3H3/q+1/t19-,20?,21+,22-/m1/s1. The number of nitrogens with zero attached hydrogens (tertiary/aromatic N) is 1. The van der Waals surface area contributed by atoms with E-state index in [4.69, 9.17) is 23.7 Å². The zero-order valence-corrected chi connectivity index (χ0v) is 18.3. The lowest BCUT2D eigenvalue weighted by atomic mass is 10.1. The Hall–Kier alpha value is -3.79. The maximum atomic E-state index is 12.6. The average Bonchev–Trinajstić information content (AvgIpc) is 3.09. The lowest BCUT2D eigenvalue weighted by molar-refractivity contribution is -0.765. The third-order valence-corrected chi connectivity index (χ3v) is 4.65. The number of hydrogen-bond donors (Lipinski definition) is 0. The molecule has 174 valence electrons. The number of esters is 4. The molecule has 1 aliphatic rings. The molecule has 1 saturated heterocycles. The fourth-order valence-electron chi connectivity index (χ4n) is 3.36. The predicted molar refractivity (Wildman–Crippen MR) is 110 cm³/mol. The van der Waals surface area contributed by atoms with Crippen molar-refractivity contribution in [2.75, 3.05) is 6.61 Å². The molecule has 33 heavy (non-hydrogen) atoms. The van der Waals surface area contributed by atoms with E-state index in [0.29, 0.717) is 5.75 Å². The molecule has 0 spiro atoms. The average molecular weight is 458 g/mol. The minimum atomic E-state index is -1.06. The zero-order chi connectivity index (χ0) is 24.0. The molecule has 0 radical (unpaired) electrons. The molecule has 10 nitrogen and oxygen atoms in total. The minimum absolute atomic E-state index is 0.207. The molecule has 1 unspecified atom stereocenters. The van der Waals surface area contributed by atoms with Crippen LogP contribution in [0.4, 0.5) is 0 Å². The molecule has 1 fully saturated rings. The minimum Gasteiger partial charge on any atom is -0.463 e. The highest BCUT2D eigenvalue weighted by atomic mass is 16.7. The van der Waals surface area contributed by atoms with E-state index in [9.17, 15) is 19.2 Å². The van der Waals surface area contributed by atoms with Crippen LogP contribution in [0.2, 0.25) is 0 Å². The van der Waals surface area contributed by atoms with Gasteiger partial charge in [-0.15, -0.1) is 0 Å². The Morgan fingerprint density at radius 1 is 0.879 bits per heavy atom. The van der Waals surface area contributed by atoms with Crippen molar-refractivity contribution in [1.29, 1.82) is 0 Å². The third-order valence-electron chi connectivity index (χ3n) is 4.65. The molecule has 4 atom stereocenters. The van der Waals surface area contributed by atoms with Crippen molar-refractivity contribution in [2.24, 2.45) is 0 Å². The first-order valence-electron chi connectivity index (χ1n) is 10.2. The van der Waals surface area contributed by atoms with Gasteiger partial charge in [-0.1, -0.05) is 18.2 Å². The summed E-state index contributed by atoms with van der Waals surface area (Å²) in [6, 6.07) is 11.7. The van der Waals surface area contributed by atoms with Crippen LogP contribution >= 0.6 is 0 Å². The summed E-state index contributed by atoms with van der Waals surface area (Å²) < 4.78 is 28.6. The molecule has 10 heteroatoms. The second-order valence-corrected chi connectivity index (χ2v) is 7.26. The summed E-state index contributed by atoms with van der Waals surface area (Å²) in [4.78, 5) is 47.3. The SMILES string of the molecule is CC(=O)OC[C@H]1O[C@@H]([n+]2cccc(C(=O)Oc3ccccc3)c2)[C@@H](OC(C)=O)C1OC(C)=O. The molecular weight excluding hydrogens is 434 g/mol. The molecule has 2 aromatic rings. The normalized spacial score (nSPS) is 21.7. The number of para-hydroxylation sites is 1. The van der Waals surface area contributed by atoms with Crippen LogP contribution in [0.15, 0.2) is 54.9 Å². The van der Waals surface area contributed by atoms with Gasteiger partial charge in [-0.3, -0.25) is 14.4 Å². The van der Waals surface area contributed by atoms with Gasteiger partial charge in [0.1, 0.15) is 24.0 Å². The quantitative estimate of drug-likeness (QED) is 0.263. The Kier molecular flexibility index (Phi) is 7.73. The van der Waals surface area contributed by atoms with Crippen molar-refractivity contribution in [2.45, 2.75) is 45.3 Å². The maximum absolute atomic E-state index is 12.6. The van der Waals surface area contributed by atoms with Crippen LogP contribution < -0.4 is 9.30 Å². The first kappa shape index (κ1) is 23.9. The summed E-state index contributed by atoms with van der Waals surface area (Å²) in [5, 5.41) is 0. The lowest BCUT2D eigenvalue weighted by Crippen LogP contribution is -2.48. The van der Waals surface area contributed by atoms with E-state index in [-0.39, 0.29) is 12.2 Å². The molecule has 0 aliphatic carbocycles. The van der Waals surface area contributed by atoms with Crippen molar-refractivity contribution in [3.8, 4) is 5.75 Å². The van der Waals surface area contributed by atoms with Crippen molar-refractivity contribution >= 4 is 23.9 Å². The second kappa shape index (κ2) is 10.7. The maximum Gasteiger partial charge on any atom is 0.349 e. The molecule has 0 bridgehead atoms. The zero-order valence-electron chi connectivity index (χ0n) is 18.3. The Morgan fingerprint density at radius 3 is 2.18 bits per heavy atom. The molecule has 0 saturated carbocycles. The van der Waals surface area contributed by atoms with Gasteiger partial charge < -0.3 is 23.7 Å². The Morgan fingerprint density at radius 2 is 1.55 bits per heavy atom. The first-order chi connectivity index (χ1) is 15.7. The van der Waals surface area contributed by atoms with Crippen LogP contribution in [0.3, 0.4) is 0 Å². The van der Waals surface area contributed by atoms with Gasteiger partial charge in [-0.25, -0.2) is 4.79 Å². The molecule has 0 amide bonds. The van der Waals surface area contributed by atoms with Crippen LogP contribution in [0.5, 0.6) is 5.75 Å². The number of carbonyl (C=O) groups excluding carboxylic acids is 4. The summed E-state index contributed by atoms with van der Waals surface area (Å²) in [7, 11) is 0. The van der Waals surface area contributed by atoms with Crippen molar-refractivity contribution < 1.29 is 47.4 Å². The number of hydrogen-bond acceptors (Lipinski definition) is 9. The molecular formula is C23H24NO9+. The van der Waals surface area contributed by atoms with Crippen molar-refractivity contribution in [3.05, 3.63) is 60.4 Å². The van der Waals surface area contributed by atoms with Crippen LogP contribution in [0, 0.1) is 0 Å². The van der Waals surface area contributed by atoms with Gasteiger partial charge in [-0.05, 0) is 18.2 Å². The van der Waals surface area contributed by atoms with Crippen LogP contribution in [-0.4, -0.2) is 48.8 Å². The highest BCUT2D eigenvalue weighted by Crippen LogP contribution is 2.31. The van der Waals surface area contributed by atoms with E-state index >= 15 is 0 Å². The molecule has 1 aliphatic heterocycles. The summed E-state index contributed by atoms with van der Waals surface area (Å²) in [6.07, 6.45) is -0.909. The van der Waals surface area contributed by atoms with Gasteiger partial charge in [0.2, 0.25) is 6.10 Å². The summed E-state index contributed by atoms with van der Waals surface area (Å²) >= 11 is 0. The summed E-state index contributed by atoms with van der Waals surface area (Å²) in [6.45, 7) is 3.42. The van der Waals surface area contributed by atoms with Gasteiger partial charge in [0.05, 0.1) is 0 Å². The number of pyridine rings is 1. The highest BCUT2D eigenvalue weighted by Gasteiger charge is 2.54. The molecule has 1 aromatic carbocycles. The smallest absolute Gasteiger partial charge is 0.349 e. The first-order valence-corrected chi connectivity index (χ1v) is 10.2. The van der Waals surface area contributed by atoms with E-state index < -0.39 is 48.4 Å². The number of rotatable bonds is 7. The van der Waals surface area contributed by atoms with E-state index in [1.54, 1.807) is 48.7 Å². The van der Waals surface area contributed by atoms with Gasteiger partial charge in [0.15, 0.2) is 18.5 Å². The number of aromatic nitrogens is 1. The topological polar surface area (TPSA) is 118 Å². The fourth-order valence-corrected chi connectivity index (χ4v) is 3.36. The molecule has 3 rings (SSSR count). The summed E-state index contributed by atoms with van der Waals surface area (Å²) in [5.74, 6) is -2.03. The van der Waals surface area contributed by atoms with Gasteiger partial charge in [-0.2, -0.15) is 4.57 Å². The Balaban J connectivity index is 1.88. The largest absolute Gasteiger partial charge is 0.463 e. The number of benzene rings is 1.